The average Bonchev–Trinajstić information content (AvgIpc) is 3.08. The van der Waals surface area contributed by atoms with Crippen molar-refractivity contribution in [2.75, 3.05) is 19.6 Å². The lowest BCUT2D eigenvalue weighted by atomic mass is 10.0. The first kappa shape index (κ1) is 12.2. The smallest absolute Gasteiger partial charge is 0.0249 e. The molecule has 0 spiro atoms. The van der Waals surface area contributed by atoms with Gasteiger partial charge in [0, 0.05) is 18.6 Å². The largest absolute Gasteiger partial charge is 0.312 e. The van der Waals surface area contributed by atoms with Gasteiger partial charge in [0.2, 0.25) is 0 Å². The average molecular weight is 244 g/mol. The summed E-state index contributed by atoms with van der Waals surface area (Å²) in [7, 11) is 0. The van der Waals surface area contributed by atoms with E-state index < -0.39 is 0 Å². The molecule has 1 aromatic carbocycles. The first-order valence-corrected chi connectivity index (χ1v) is 7.45. The molecule has 0 bridgehead atoms. The Kier molecular flexibility index (Phi) is 3.96. The van der Waals surface area contributed by atoms with Gasteiger partial charge in [-0.05, 0) is 50.8 Å². The molecule has 0 aliphatic carbocycles. The fourth-order valence-electron chi connectivity index (χ4n) is 3.54. The van der Waals surface area contributed by atoms with Gasteiger partial charge in [0.05, 0.1) is 0 Å². The zero-order valence-electron chi connectivity index (χ0n) is 11.1. The Morgan fingerprint density at radius 2 is 2.00 bits per heavy atom. The third kappa shape index (κ3) is 2.76. The number of rotatable bonds is 4. The number of hydrogen-bond donors (Lipinski definition) is 1. The summed E-state index contributed by atoms with van der Waals surface area (Å²) in [5.41, 5.74) is 1.47. The molecular formula is C16H24N2. The predicted octanol–water partition coefficient (Wildman–Crippen LogP) is 2.45. The van der Waals surface area contributed by atoms with Crippen molar-refractivity contribution in [3.05, 3.63) is 35.9 Å². The molecule has 98 valence electrons. The number of likely N-dealkylation sites (tertiary alicyclic amines) is 1. The van der Waals surface area contributed by atoms with E-state index in [1.54, 1.807) is 0 Å². The van der Waals surface area contributed by atoms with Crippen LogP contribution in [0.25, 0.3) is 0 Å². The molecule has 2 unspecified atom stereocenters. The Morgan fingerprint density at radius 1 is 1.11 bits per heavy atom. The van der Waals surface area contributed by atoms with Crippen molar-refractivity contribution in [2.24, 2.45) is 0 Å². The normalized spacial score (nSPS) is 28.9. The molecule has 0 amide bonds. The van der Waals surface area contributed by atoms with Crippen molar-refractivity contribution in [1.29, 1.82) is 0 Å². The van der Waals surface area contributed by atoms with E-state index in [0.717, 1.165) is 12.1 Å². The minimum Gasteiger partial charge on any atom is -0.312 e. The topological polar surface area (TPSA) is 15.3 Å². The Labute approximate surface area is 110 Å². The summed E-state index contributed by atoms with van der Waals surface area (Å²) >= 11 is 0. The van der Waals surface area contributed by atoms with Crippen LogP contribution >= 0.6 is 0 Å². The van der Waals surface area contributed by atoms with E-state index in [1.807, 2.05) is 0 Å². The summed E-state index contributed by atoms with van der Waals surface area (Å²) in [6, 6.07) is 12.5. The van der Waals surface area contributed by atoms with Gasteiger partial charge in [0.15, 0.2) is 0 Å². The van der Waals surface area contributed by atoms with Crippen LogP contribution in [0.3, 0.4) is 0 Å². The number of nitrogens with one attached hydrogen (secondary N) is 1. The summed E-state index contributed by atoms with van der Waals surface area (Å²) < 4.78 is 0. The molecular weight excluding hydrogens is 220 g/mol. The van der Waals surface area contributed by atoms with Crippen molar-refractivity contribution in [3.63, 3.8) is 0 Å². The molecule has 2 aliphatic heterocycles. The monoisotopic (exact) mass is 244 g/mol. The molecule has 3 rings (SSSR count). The van der Waals surface area contributed by atoms with E-state index in [4.69, 9.17) is 0 Å². The zero-order valence-corrected chi connectivity index (χ0v) is 11.1. The molecule has 0 radical (unpaired) electrons. The van der Waals surface area contributed by atoms with Crippen LogP contribution in [0.4, 0.5) is 0 Å². The highest BCUT2D eigenvalue weighted by atomic mass is 15.2. The van der Waals surface area contributed by atoms with Gasteiger partial charge < -0.3 is 5.32 Å². The highest BCUT2D eigenvalue weighted by Crippen LogP contribution is 2.24. The lowest BCUT2D eigenvalue weighted by molar-refractivity contribution is 0.217. The summed E-state index contributed by atoms with van der Waals surface area (Å²) in [6.45, 7) is 3.76. The number of benzene rings is 1. The molecule has 1 N–H and O–H groups in total. The van der Waals surface area contributed by atoms with Gasteiger partial charge >= 0.3 is 0 Å². The second kappa shape index (κ2) is 5.85. The summed E-state index contributed by atoms with van der Waals surface area (Å²) in [4.78, 5) is 2.72. The van der Waals surface area contributed by atoms with Crippen LogP contribution in [0, 0.1) is 0 Å². The van der Waals surface area contributed by atoms with Gasteiger partial charge in [0.1, 0.15) is 0 Å². The van der Waals surface area contributed by atoms with Crippen molar-refractivity contribution in [3.8, 4) is 0 Å². The SMILES string of the molecule is c1ccc(CCN2CCCC2C2CCCN2)cc1. The molecule has 18 heavy (non-hydrogen) atoms. The van der Waals surface area contributed by atoms with Gasteiger partial charge in [-0.15, -0.1) is 0 Å². The van der Waals surface area contributed by atoms with Gasteiger partial charge in [0.25, 0.3) is 0 Å². The lowest BCUT2D eigenvalue weighted by Crippen LogP contribution is -2.44. The van der Waals surface area contributed by atoms with Crippen molar-refractivity contribution >= 4 is 0 Å². The van der Waals surface area contributed by atoms with Crippen molar-refractivity contribution in [2.45, 2.75) is 44.2 Å². The minimum absolute atomic E-state index is 0.767. The Hall–Kier alpha value is -0.860. The second-order valence-corrected chi connectivity index (χ2v) is 5.68. The fraction of sp³-hybridized carbons (Fsp3) is 0.625. The number of nitrogens with zero attached hydrogens (tertiary/aromatic N) is 1. The summed E-state index contributed by atoms with van der Waals surface area (Å²) in [5.74, 6) is 0. The third-order valence-corrected chi connectivity index (χ3v) is 4.51. The maximum atomic E-state index is 3.69. The molecule has 2 aliphatic rings. The maximum absolute atomic E-state index is 3.69. The third-order valence-electron chi connectivity index (χ3n) is 4.51. The fourth-order valence-corrected chi connectivity index (χ4v) is 3.54. The maximum Gasteiger partial charge on any atom is 0.0249 e. The van der Waals surface area contributed by atoms with Crippen LogP contribution in [0.5, 0.6) is 0 Å². The van der Waals surface area contributed by atoms with Crippen LogP contribution in [-0.4, -0.2) is 36.6 Å². The van der Waals surface area contributed by atoms with Crippen molar-refractivity contribution < 1.29 is 0 Å². The quantitative estimate of drug-likeness (QED) is 0.875. The molecule has 0 aromatic heterocycles. The van der Waals surface area contributed by atoms with Crippen LogP contribution in [0.15, 0.2) is 30.3 Å². The molecule has 2 fully saturated rings. The van der Waals surface area contributed by atoms with Gasteiger partial charge in [-0.1, -0.05) is 30.3 Å². The van der Waals surface area contributed by atoms with Crippen molar-refractivity contribution in [1.82, 2.24) is 10.2 Å². The molecule has 2 saturated heterocycles. The van der Waals surface area contributed by atoms with E-state index in [0.29, 0.717) is 0 Å². The Balaban J connectivity index is 1.55. The molecule has 2 heteroatoms. The lowest BCUT2D eigenvalue weighted by Gasteiger charge is -2.29. The van der Waals surface area contributed by atoms with E-state index in [2.05, 4.69) is 40.5 Å². The van der Waals surface area contributed by atoms with E-state index in [-0.39, 0.29) is 0 Å². The minimum atomic E-state index is 0.767. The Bertz CT molecular complexity index is 357. The standard InChI is InChI=1S/C16H24N2/c1-2-6-14(7-3-1)10-13-18-12-5-9-16(18)15-8-4-11-17-15/h1-3,6-7,15-17H,4-5,8-13H2. The molecule has 2 heterocycles. The van der Waals surface area contributed by atoms with Gasteiger partial charge in [-0.3, -0.25) is 4.90 Å². The first-order valence-electron chi connectivity index (χ1n) is 7.45. The highest BCUT2D eigenvalue weighted by molar-refractivity contribution is 5.15. The highest BCUT2D eigenvalue weighted by Gasteiger charge is 2.32. The van der Waals surface area contributed by atoms with E-state index in [1.165, 1.54) is 57.3 Å². The first-order chi connectivity index (χ1) is 8.93. The van der Waals surface area contributed by atoms with Gasteiger partial charge in [-0.25, -0.2) is 0 Å². The molecule has 2 nitrogen and oxygen atoms in total. The van der Waals surface area contributed by atoms with Crippen LogP contribution in [-0.2, 0) is 6.42 Å². The van der Waals surface area contributed by atoms with Crippen LogP contribution < -0.4 is 5.32 Å². The Morgan fingerprint density at radius 3 is 2.78 bits per heavy atom. The number of hydrogen-bond acceptors (Lipinski definition) is 2. The van der Waals surface area contributed by atoms with Crippen LogP contribution in [0.2, 0.25) is 0 Å². The summed E-state index contributed by atoms with van der Waals surface area (Å²) in [5, 5.41) is 3.69. The molecule has 1 aromatic rings. The van der Waals surface area contributed by atoms with E-state index >= 15 is 0 Å². The zero-order chi connectivity index (χ0) is 12.2. The summed E-state index contributed by atoms with van der Waals surface area (Å²) in [6.07, 6.45) is 6.73. The van der Waals surface area contributed by atoms with E-state index in [9.17, 15) is 0 Å². The van der Waals surface area contributed by atoms with Gasteiger partial charge in [-0.2, -0.15) is 0 Å². The van der Waals surface area contributed by atoms with Crippen LogP contribution in [0.1, 0.15) is 31.2 Å². The molecule has 2 atom stereocenters. The molecule has 0 saturated carbocycles. The predicted molar refractivity (Wildman–Crippen MR) is 75.8 cm³/mol. The second-order valence-electron chi connectivity index (χ2n) is 5.68.